The fourth-order valence-electron chi connectivity index (χ4n) is 8.45. The Hall–Kier alpha value is -5.85. The zero-order chi connectivity index (χ0) is 35.2. The smallest absolute Gasteiger partial charge is 0.143 e. The van der Waals surface area contributed by atoms with E-state index in [1.54, 1.807) is 23.7 Å². The predicted molar refractivity (Wildman–Crippen MR) is 232 cm³/mol. The Balaban J connectivity index is 0.00000163. The van der Waals surface area contributed by atoms with Crippen molar-refractivity contribution in [2.24, 2.45) is 0 Å². The van der Waals surface area contributed by atoms with Crippen LogP contribution in [0.3, 0.4) is 0 Å². The van der Waals surface area contributed by atoms with Crippen molar-refractivity contribution in [1.82, 2.24) is 14.5 Å². The van der Waals surface area contributed by atoms with Gasteiger partial charge in [-0.3, -0.25) is 4.98 Å². The first-order valence-corrected chi connectivity index (χ1v) is 19.9. The van der Waals surface area contributed by atoms with Gasteiger partial charge < -0.3 is 4.57 Å². The SMILES string of the molecule is CCl.c1ccc2c(c1)ccc1c2sc2c1c1ccccc1c1c3ccc4ccccc4c3n(-c3ccc(-c4ccc5sc6nccnc6c5c4)cc3)c21. The van der Waals surface area contributed by atoms with E-state index in [9.17, 15) is 0 Å². The first-order chi connectivity index (χ1) is 26.3. The summed E-state index contributed by atoms with van der Waals surface area (Å²) < 4.78 is 6.43. The van der Waals surface area contributed by atoms with Gasteiger partial charge in [-0.05, 0) is 62.3 Å². The Morgan fingerprint density at radius 1 is 0.472 bits per heavy atom. The Bertz CT molecular complexity index is 3430. The van der Waals surface area contributed by atoms with Crippen molar-refractivity contribution in [3.63, 3.8) is 0 Å². The van der Waals surface area contributed by atoms with Gasteiger partial charge in [0, 0.05) is 66.2 Å². The van der Waals surface area contributed by atoms with Crippen molar-refractivity contribution in [1.29, 1.82) is 0 Å². The summed E-state index contributed by atoms with van der Waals surface area (Å²) in [5, 5.41) is 14.1. The molecule has 12 aromatic rings. The molecule has 250 valence electrons. The lowest BCUT2D eigenvalue weighted by Gasteiger charge is -2.12. The summed E-state index contributed by atoms with van der Waals surface area (Å²) in [7, 11) is 0. The molecule has 0 N–H and O–H groups in total. The van der Waals surface area contributed by atoms with Gasteiger partial charge in [0.2, 0.25) is 0 Å². The number of alkyl halides is 1. The van der Waals surface area contributed by atoms with Gasteiger partial charge in [0.25, 0.3) is 0 Å². The molecule has 0 unspecified atom stereocenters. The number of nitrogens with zero attached hydrogens (tertiary/aromatic N) is 3. The fraction of sp³-hybridized carbons (Fsp3) is 0.0213. The molecule has 4 aromatic heterocycles. The van der Waals surface area contributed by atoms with Crippen molar-refractivity contribution in [3.8, 4) is 16.8 Å². The molecular weight excluding hydrogens is 706 g/mol. The largest absolute Gasteiger partial charge is 0.307 e. The molecule has 0 atom stereocenters. The summed E-state index contributed by atoms with van der Waals surface area (Å²) in [5.41, 5.74) is 7.01. The second-order valence-electron chi connectivity index (χ2n) is 13.3. The van der Waals surface area contributed by atoms with Crippen molar-refractivity contribution < 1.29 is 0 Å². The Morgan fingerprint density at radius 2 is 1.11 bits per heavy atom. The van der Waals surface area contributed by atoms with Crippen molar-refractivity contribution in [2.75, 3.05) is 6.38 Å². The zero-order valence-corrected chi connectivity index (χ0v) is 30.9. The van der Waals surface area contributed by atoms with Crippen molar-refractivity contribution in [3.05, 3.63) is 152 Å². The molecule has 4 heterocycles. The minimum atomic E-state index is 0.973. The molecule has 0 fully saturated rings. The number of thiophene rings is 2. The van der Waals surface area contributed by atoms with E-state index >= 15 is 0 Å². The zero-order valence-electron chi connectivity index (χ0n) is 28.5. The number of benzene rings is 8. The van der Waals surface area contributed by atoms with Crippen molar-refractivity contribution >= 4 is 129 Å². The van der Waals surface area contributed by atoms with Crippen LogP contribution in [0.2, 0.25) is 0 Å². The lowest BCUT2D eigenvalue weighted by atomic mass is 9.97. The summed E-state index contributed by atoms with van der Waals surface area (Å²) >= 11 is 8.27. The Labute approximate surface area is 316 Å². The third-order valence-electron chi connectivity index (χ3n) is 10.7. The van der Waals surface area contributed by atoms with Gasteiger partial charge in [0.05, 0.1) is 15.7 Å². The number of hydrogen-bond acceptors (Lipinski definition) is 4. The lowest BCUT2D eigenvalue weighted by Crippen LogP contribution is -1.95. The van der Waals surface area contributed by atoms with E-state index in [4.69, 9.17) is 0 Å². The van der Waals surface area contributed by atoms with Gasteiger partial charge in [-0.25, -0.2) is 4.98 Å². The molecule has 0 aliphatic heterocycles. The van der Waals surface area contributed by atoms with Gasteiger partial charge in [-0.15, -0.1) is 34.3 Å². The number of halogens is 1. The average molecular weight is 734 g/mol. The normalized spacial score (nSPS) is 12.0. The highest BCUT2D eigenvalue weighted by Crippen LogP contribution is 2.50. The van der Waals surface area contributed by atoms with Gasteiger partial charge in [0.1, 0.15) is 10.3 Å². The molecule has 6 heteroatoms. The maximum absolute atomic E-state index is 4.66. The minimum absolute atomic E-state index is 0.973. The number of rotatable bonds is 2. The summed E-state index contributed by atoms with van der Waals surface area (Å²) in [5.74, 6) is 0. The molecule has 0 bridgehead atoms. The fourth-order valence-corrected chi connectivity index (χ4v) is 10.8. The summed E-state index contributed by atoms with van der Waals surface area (Å²) in [6.07, 6.45) is 5.03. The molecule has 0 spiro atoms. The van der Waals surface area contributed by atoms with Crippen LogP contribution < -0.4 is 0 Å². The summed E-state index contributed by atoms with van der Waals surface area (Å²) in [6.45, 7) is 0. The second-order valence-corrected chi connectivity index (χ2v) is 15.4. The van der Waals surface area contributed by atoms with Crippen LogP contribution in [0.25, 0.3) is 112 Å². The molecule has 12 rings (SSSR count). The second kappa shape index (κ2) is 11.8. The van der Waals surface area contributed by atoms with Crippen LogP contribution in [-0.4, -0.2) is 20.9 Å². The third kappa shape index (κ3) is 4.39. The molecule has 0 aliphatic rings. The van der Waals surface area contributed by atoms with E-state index in [2.05, 4.69) is 166 Å². The molecule has 53 heavy (non-hydrogen) atoms. The van der Waals surface area contributed by atoms with Gasteiger partial charge >= 0.3 is 0 Å². The average Bonchev–Trinajstić information content (AvgIpc) is 3.92. The van der Waals surface area contributed by atoms with Crippen LogP contribution in [0.15, 0.2) is 152 Å². The van der Waals surface area contributed by atoms with E-state index in [0.717, 1.165) is 21.4 Å². The lowest BCUT2D eigenvalue weighted by molar-refractivity contribution is 1.19. The maximum atomic E-state index is 4.66. The molecule has 3 nitrogen and oxygen atoms in total. The Morgan fingerprint density at radius 3 is 1.91 bits per heavy atom. The maximum Gasteiger partial charge on any atom is 0.143 e. The van der Waals surface area contributed by atoms with E-state index in [1.165, 1.54) is 96.5 Å². The van der Waals surface area contributed by atoms with Crippen molar-refractivity contribution in [2.45, 2.75) is 0 Å². The number of hydrogen-bond donors (Lipinski definition) is 0. The van der Waals surface area contributed by atoms with Crippen LogP contribution >= 0.6 is 34.3 Å². The highest BCUT2D eigenvalue weighted by molar-refractivity contribution is 7.27. The molecule has 0 radical (unpaired) electrons. The summed E-state index contributed by atoms with van der Waals surface area (Å²) in [6, 6.07) is 51.7. The first-order valence-electron chi connectivity index (χ1n) is 17.5. The number of fused-ring (bicyclic) bond motifs is 17. The van der Waals surface area contributed by atoms with Gasteiger partial charge in [0.15, 0.2) is 0 Å². The van der Waals surface area contributed by atoms with Crippen LogP contribution in [0.4, 0.5) is 0 Å². The predicted octanol–water partition coefficient (Wildman–Crippen LogP) is 14.3. The van der Waals surface area contributed by atoms with Gasteiger partial charge in [-0.1, -0.05) is 115 Å². The first kappa shape index (κ1) is 30.7. The molecule has 0 saturated heterocycles. The van der Waals surface area contributed by atoms with E-state index < -0.39 is 0 Å². The minimum Gasteiger partial charge on any atom is -0.307 e. The van der Waals surface area contributed by atoms with E-state index in [-0.39, 0.29) is 0 Å². The van der Waals surface area contributed by atoms with E-state index in [1.807, 2.05) is 11.3 Å². The molecule has 0 saturated carbocycles. The molecule has 8 aromatic carbocycles. The Kier molecular flexibility index (Phi) is 6.87. The third-order valence-corrected chi connectivity index (χ3v) is 13.0. The van der Waals surface area contributed by atoms with Crippen LogP contribution in [0.5, 0.6) is 0 Å². The monoisotopic (exact) mass is 733 g/mol. The highest BCUT2D eigenvalue weighted by Gasteiger charge is 2.23. The van der Waals surface area contributed by atoms with Crippen LogP contribution in [0.1, 0.15) is 0 Å². The molecule has 0 aliphatic carbocycles. The quantitative estimate of drug-likeness (QED) is 0.166. The topological polar surface area (TPSA) is 30.7 Å². The van der Waals surface area contributed by atoms with Crippen LogP contribution in [0, 0.1) is 0 Å². The summed E-state index contributed by atoms with van der Waals surface area (Å²) in [4.78, 5) is 10.2. The molecular formula is C47H28ClN3S2. The number of aromatic nitrogens is 3. The van der Waals surface area contributed by atoms with Gasteiger partial charge in [-0.2, -0.15) is 0 Å². The molecule has 0 amide bonds. The van der Waals surface area contributed by atoms with E-state index in [0.29, 0.717) is 0 Å². The standard InChI is InChI=1S/C46H25N3S2.CH3Cl/c1-3-9-31-27(7-1)15-20-35-39-33-11-5-6-12-34(33)40-36-21-16-28-8-2-4-10-32(28)44(36)51-45(40)43(39)49(42(31)35)30-18-13-26(14-19-30)29-17-22-38-37(25-29)41-46(50-38)48-24-23-47-41;1-2/h1-25H;1H3. The van der Waals surface area contributed by atoms with Crippen LogP contribution in [-0.2, 0) is 0 Å². The highest BCUT2D eigenvalue weighted by atomic mass is 35.5.